The predicted octanol–water partition coefficient (Wildman–Crippen LogP) is 4.86. The summed E-state index contributed by atoms with van der Waals surface area (Å²) in [4.78, 5) is 28.4. The molecule has 2 aromatic rings. The Labute approximate surface area is 199 Å². The van der Waals surface area contributed by atoms with Gasteiger partial charge >= 0.3 is 0 Å². The van der Waals surface area contributed by atoms with Crippen molar-refractivity contribution in [1.29, 1.82) is 0 Å². The lowest BCUT2D eigenvalue weighted by molar-refractivity contribution is -0.141. The van der Waals surface area contributed by atoms with E-state index >= 15 is 0 Å². The number of ether oxygens (including phenoxy) is 3. The maximum absolute atomic E-state index is 13.4. The van der Waals surface area contributed by atoms with Crippen LogP contribution in [0, 0.1) is 0 Å². The van der Waals surface area contributed by atoms with Crippen LogP contribution in [0.3, 0.4) is 0 Å². The van der Waals surface area contributed by atoms with Gasteiger partial charge in [0, 0.05) is 6.04 Å². The minimum atomic E-state index is -0.714. The number of hydrogen-bond acceptors (Lipinski definition) is 6. The van der Waals surface area contributed by atoms with Crippen molar-refractivity contribution in [1.82, 2.24) is 4.90 Å². The van der Waals surface area contributed by atoms with Crippen molar-refractivity contribution in [3.05, 3.63) is 59.2 Å². The third-order valence-corrected chi connectivity index (χ3v) is 6.62. The van der Waals surface area contributed by atoms with Gasteiger partial charge in [-0.05, 0) is 49.6 Å². The van der Waals surface area contributed by atoms with Crippen molar-refractivity contribution in [2.45, 2.75) is 51.1 Å². The summed E-state index contributed by atoms with van der Waals surface area (Å²) >= 11 is 0. The zero-order valence-electron chi connectivity index (χ0n) is 19.9. The zero-order valence-corrected chi connectivity index (χ0v) is 19.9. The number of nitrogens with zero attached hydrogens (tertiary/aromatic N) is 1. The molecule has 0 spiro atoms. The molecule has 2 aliphatic rings. The van der Waals surface area contributed by atoms with Crippen LogP contribution in [0.25, 0.3) is 5.76 Å². The molecule has 180 valence electrons. The summed E-state index contributed by atoms with van der Waals surface area (Å²) in [6.45, 7) is 2.44. The molecule has 4 rings (SSSR count). The molecule has 7 nitrogen and oxygen atoms in total. The summed E-state index contributed by atoms with van der Waals surface area (Å²) in [5, 5.41) is 11.5. The average molecular weight is 466 g/mol. The molecular formula is C27H31NO6. The van der Waals surface area contributed by atoms with Crippen molar-refractivity contribution in [3.8, 4) is 17.2 Å². The first-order valence-corrected chi connectivity index (χ1v) is 11.8. The lowest BCUT2D eigenvalue weighted by Crippen LogP contribution is -2.40. The van der Waals surface area contributed by atoms with Crippen LogP contribution in [0.5, 0.6) is 17.2 Å². The molecule has 1 atom stereocenters. The number of benzene rings is 2. The second-order valence-corrected chi connectivity index (χ2v) is 8.54. The van der Waals surface area contributed by atoms with E-state index in [9.17, 15) is 14.7 Å². The van der Waals surface area contributed by atoms with Gasteiger partial charge in [-0.2, -0.15) is 0 Å². The second kappa shape index (κ2) is 10.2. The minimum absolute atomic E-state index is 0.0440. The molecule has 1 unspecified atom stereocenters. The third-order valence-electron chi connectivity index (χ3n) is 6.62. The van der Waals surface area contributed by atoms with E-state index in [0.717, 1.165) is 37.7 Å². The van der Waals surface area contributed by atoms with E-state index in [-0.39, 0.29) is 22.9 Å². The fourth-order valence-electron chi connectivity index (χ4n) is 5.05. The molecule has 7 heteroatoms. The second-order valence-electron chi connectivity index (χ2n) is 8.54. The summed E-state index contributed by atoms with van der Waals surface area (Å²) in [6.07, 6.45) is 4.79. The maximum Gasteiger partial charge on any atom is 0.295 e. The molecule has 0 aromatic heterocycles. The number of methoxy groups -OCH3 is 2. The Morgan fingerprint density at radius 2 is 1.59 bits per heavy atom. The molecule has 1 saturated heterocycles. The number of carbonyl (C=O) groups excluding carboxylic acids is 2. The monoisotopic (exact) mass is 465 g/mol. The van der Waals surface area contributed by atoms with Crippen LogP contribution < -0.4 is 14.2 Å². The van der Waals surface area contributed by atoms with Gasteiger partial charge in [-0.3, -0.25) is 9.59 Å². The van der Waals surface area contributed by atoms with Crippen LogP contribution >= 0.6 is 0 Å². The van der Waals surface area contributed by atoms with Crippen LogP contribution in [0.15, 0.2) is 48.0 Å². The van der Waals surface area contributed by atoms with Gasteiger partial charge < -0.3 is 24.2 Å². The molecule has 34 heavy (non-hydrogen) atoms. The lowest BCUT2D eigenvalue weighted by Gasteiger charge is -2.35. The number of amides is 1. The number of likely N-dealkylation sites (tertiary alicyclic amines) is 1. The van der Waals surface area contributed by atoms with E-state index in [4.69, 9.17) is 14.2 Å². The van der Waals surface area contributed by atoms with Crippen molar-refractivity contribution in [3.63, 3.8) is 0 Å². The van der Waals surface area contributed by atoms with Gasteiger partial charge in [0.1, 0.15) is 28.6 Å². The third kappa shape index (κ3) is 4.22. The fourth-order valence-corrected chi connectivity index (χ4v) is 5.05. The van der Waals surface area contributed by atoms with E-state index in [0.29, 0.717) is 23.9 Å². The number of aliphatic hydroxyl groups is 1. The minimum Gasteiger partial charge on any atom is -0.506 e. The van der Waals surface area contributed by atoms with Crippen LogP contribution in [-0.2, 0) is 9.59 Å². The van der Waals surface area contributed by atoms with Gasteiger partial charge in [0.25, 0.3) is 11.7 Å². The number of Topliss-reactive ketones (excluding diaryl/α,β-unsaturated/α-hetero) is 1. The summed E-state index contributed by atoms with van der Waals surface area (Å²) in [7, 11) is 2.96. The van der Waals surface area contributed by atoms with E-state index in [1.54, 1.807) is 23.1 Å². The van der Waals surface area contributed by atoms with Crippen molar-refractivity contribution in [2.75, 3.05) is 20.8 Å². The van der Waals surface area contributed by atoms with E-state index < -0.39 is 17.7 Å². The van der Waals surface area contributed by atoms with Gasteiger partial charge in [-0.15, -0.1) is 0 Å². The van der Waals surface area contributed by atoms with Crippen molar-refractivity contribution < 1.29 is 28.9 Å². The smallest absolute Gasteiger partial charge is 0.295 e. The van der Waals surface area contributed by atoms with Gasteiger partial charge in [0.15, 0.2) is 0 Å². The highest BCUT2D eigenvalue weighted by atomic mass is 16.5. The first-order valence-electron chi connectivity index (χ1n) is 11.8. The average Bonchev–Trinajstić information content (AvgIpc) is 3.14. The molecule has 1 saturated carbocycles. The Balaban J connectivity index is 1.91. The maximum atomic E-state index is 13.4. The van der Waals surface area contributed by atoms with E-state index in [2.05, 4.69) is 0 Å². The van der Waals surface area contributed by atoms with Gasteiger partial charge in [-0.1, -0.05) is 37.5 Å². The normalized spacial score (nSPS) is 20.4. The SMILES string of the molecule is CCOc1ccc(C2/C(=C(\O)c3c(OC)cccc3OC)C(=O)C(=O)N2C2CCCCC2)cc1. The number of ketones is 1. The molecule has 1 N–H and O–H groups in total. The lowest BCUT2D eigenvalue weighted by atomic mass is 9.90. The zero-order chi connectivity index (χ0) is 24.2. The summed E-state index contributed by atoms with van der Waals surface area (Å²) in [5.41, 5.74) is 1.04. The Bertz CT molecular complexity index is 1060. The number of aliphatic hydroxyl groups excluding tert-OH is 1. The Hall–Kier alpha value is -3.48. The van der Waals surface area contributed by atoms with Crippen LogP contribution in [0.2, 0.25) is 0 Å². The number of carbonyl (C=O) groups is 2. The van der Waals surface area contributed by atoms with Gasteiger partial charge in [0.2, 0.25) is 0 Å². The molecule has 1 amide bonds. The highest BCUT2D eigenvalue weighted by Gasteiger charge is 2.49. The fraction of sp³-hybridized carbons (Fsp3) is 0.407. The first kappa shape index (κ1) is 23.7. The molecular weight excluding hydrogens is 434 g/mol. The summed E-state index contributed by atoms with van der Waals surface area (Å²) in [6, 6.07) is 11.7. The summed E-state index contributed by atoms with van der Waals surface area (Å²) in [5.74, 6) is -0.175. The molecule has 2 aromatic carbocycles. The van der Waals surface area contributed by atoms with Crippen molar-refractivity contribution >= 4 is 17.4 Å². The quantitative estimate of drug-likeness (QED) is 0.357. The van der Waals surface area contributed by atoms with Crippen molar-refractivity contribution in [2.24, 2.45) is 0 Å². The van der Waals surface area contributed by atoms with Gasteiger partial charge in [-0.25, -0.2) is 0 Å². The Morgan fingerprint density at radius 1 is 0.971 bits per heavy atom. The highest BCUT2D eigenvalue weighted by molar-refractivity contribution is 6.46. The molecule has 1 heterocycles. The van der Waals surface area contributed by atoms with E-state index in [1.807, 2.05) is 31.2 Å². The van der Waals surface area contributed by atoms with Crippen LogP contribution in [0.1, 0.15) is 56.2 Å². The van der Waals surface area contributed by atoms with Crippen LogP contribution in [-0.4, -0.2) is 48.6 Å². The number of hydrogen-bond donors (Lipinski definition) is 1. The molecule has 0 bridgehead atoms. The Kier molecular flexibility index (Phi) is 7.10. The largest absolute Gasteiger partial charge is 0.506 e. The molecule has 1 aliphatic carbocycles. The molecule has 2 fully saturated rings. The molecule has 0 radical (unpaired) electrons. The van der Waals surface area contributed by atoms with E-state index in [1.165, 1.54) is 14.2 Å². The van der Waals surface area contributed by atoms with Gasteiger partial charge in [0.05, 0.1) is 32.4 Å². The topological polar surface area (TPSA) is 85.3 Å². The Morgan fingerprint density at radius 3 is 2.15 bits per heavy atom. The highest BCUT2D eigenvalue weighted by Crippen LogP contribution is 2.45. The summed E-state index contributed by atoms with van der Waals surface area (Å²) < 4.78 is 16.5. The first-order chi connectivity index (χ1) is 16.5. The van der Waals surface area contributed by atoms with Crippen LogP contribution in [0.4, 0.5) is 0 Å². The number of rotatable bonds is 7. The molecule has 1 aliphatic heterocycles. The standard InChI is InChI=1S/C27H31NO6/c1-4-34-19-15-13-17(14-16-19)24-23(25(29)22-20(32-2)11-8-12-21(22)33-3)26(30)27(31)28(24)18-9-6-5-7-10-18/h8,11-16,18,24,29H,4-7,9-10H2,1-3H3/b25-23+. The predicted molar refractivity (Wildman–Crippen MR) is 128 cm³/mol.